The lowest BCUT2D eigenvalue weighted by Gasteiger charge is -2.06. The van der Waals surface area contributed by atoms with Crippen molar-refractivity contribution in [3.05, 3.63) is 36.2 Å². The van der Waals surface area contributed by atoms with Crippen LogP contribution in [-0.4, -0.2) is 48.9 Å². The molecule has 0 radical (unpaired) electrons. The number of thioether (sulfide) groups is 1. The van der Waals surface area contributed by atoms with Gasteiger partial charge in [-0.3, -0.25) is 9.89 Å². The number of nitrogens with zero attached hydrogens (tertiary/aromatic N) is 2. The normalized spacial score (nSPS) is 11.4. The number of benzene rings is 1. The molecule has 0 bridgehead atoms. The number of rotatable bonds is 9. The van der Waals surface area contributed by atoms with E-state index < -0.39 is 10.0 Å². The van der Waals surface area contributed by atoms with Gasteiger partial charge in [0.2, 0.25) is 15.9 Å². The molecular weight excluding hydrogens is 350 g/mol. The molecule has 0 atom stereocenters. The summed E-state index contributed by atoms with van der Waals surface area (Å²) in [6, 6.07) is 6.51. The van der Waals surface area contributed by atoms with Gasteiger partial charge in [0.05, 0.1) is 4.90 Å². The monoisotopic (exact) mass is 369 g/mol. The maximum absolute atomic E-state index is 11.8. The minimum atomic E-state index is -3.42. The fourth-order valence-corrected chi connectivity index (χ4v) is 3.27. The van der Waals surface area contributed by atoms with Crippen molar-refractivity contribution in [1.29, 1.82) is 0 Å². The van der Waals surface area contributed by atoms with E-state index in [2.05, 4.69) is 25.2 Å². The van der Waals surface area contributed by atoms with Crippen LogP contribution < -0.4 is 10.0 Å². The molecule has 0 unspecified atom stereocenters. The van der Waals surface area contributed by atoms with Crippen molar-refractivity contribution < 1.29 is 13.2 Å². The second kappa shape index (κ2) is 8.81. The van der Waals surface area contributed by atoms with Crippen LogP contribution in [0.4, 0.5) is 0 Å². The van der Waals surface area contributed by atoms with Crippen molar-refractivity contribution in [2.45, 2.75) is 22.9 Å². The van der Waals surface area contributed by atoms with Crippen molar-refractivity contribution in [2.75, 3.05) is 19.3 Å². The number of aryl methyl sites for hydroxylation is 1. The van der Waals surface area contributed by atoms with Crippen LogP contribution in [0, 0.1) is 0 Å². The molecule has 0 spiro atoms. The Bertz CT molecular complexity index is 745. The lowest BCUT2D eigenvalue weighted by atomic mass is 10.1. The summed E-state index contributed by atoms with van der Waals surface area (Å²) in [7, 11) is -2.05. The summed E-state index contributed by atoms with van der Waals surface area (Å²) >= 11 is 1.48. The van der Waals surface area contributed by atoms with E-state index in [1.54, 1.807) is 12.1 Å². The number of amides is 1. The van der Waals surface area contributed by atoms with Crippen molar-refractivity contribution in [3.8, 4) is 0 Å². The van der Waals surface area contributed by atoms with Gasteiger partial charge in [-0.25, -0.2) is 18.1 Å². The zero-order valence-electron chi connectivity index (χ0n) is 13.2. The molecule has 24 heavy (non-hydrogen) atoms. The average molecular weight is 369 g/mol. The highest BCUT2D eigenvalue weighted by molar-refractivity contribution is 7.99. The molecule has 2 rings (SSSR count). The summed E-state index contributed by atoms with van der Waals surface area (Å²) in [6.07, 6.45) is 2.35. The lowest BCUT2D eigenvalue weighted by Crippen LogP contribution is -2.25. The Kier molecular flexibility index (Phi) is 6.76. The standard InChI is InChI=1S/C14H19N5O3S2/c1-15-24(21,22)12-5-2-11(3-6-12)4-7-13(20)16-8-9-23-14-17-10-18-19-14/h2-3,5-6,10,15H,4,7-9H2,1H3,(H,16,20)(H,17,18,19). The maximum Gasteiger partial charge on any atom is 0.240 e. The van der Waals surface area contributed by atoms with Gasteiger partial charge in [-0.2, -0.15) is 5.10 Å². The summed E-state index contributed by atoms with van der Waals surface area (Å²) in [5.41, 5.74) is 0.913. The summed E-state index contributed by atoms with van der Waals surface area (Å²) in [5.74, 6) is 0.664. The molecule has 1 aromatic carbocycles. The third-order valence-corrected chi connectivity index (χ3v) is 5.51. The zero-order valence-corrected chi connectivity index (χ0v) is 14.8. The second-order valence-corrected chi connectivity index (χ2v) is 7.81. The first-order valence-electron chi connectivity index (χ1n) is 7.28. The Morgan fingerprint density at radius 3 is 2.67 bits per heavy atom. The number of hydrogen-bond acceptors (Lipinski definition) is 6. The number of nitrogens with one attached hydrogen (secondary N) is 3. The Morgan fingerprint density at radius 2 is 2.04 bits per heavy atom. The van der Waals surface area contributed by atoms with Crippen LogP contribution >= 0.6 is 11.8 Å². The number of sulfonamides is 1. The predicted molar refractivity (Wildman–Crippen MR) is 91.1 cm³/mol. The molecule has 1 amide bonds. The zero-order chi connectivity index (χ0) is 17.4. The average Bonchev–Trinajstić information content (AvgIpc) is 3.10. The fourth-order valence-electron chi connectivity index (χ4n) is 1.90. The Hall–Kier alpha value is -1.91. The summed E-state index contributed by atoms with van der Waals surface area (Å²) < 4.78 is 25.5. The van der Waals surface area contributed by atoms with Crippen LogP contribution in [-0.2, 0) is 21.2 Å². The van der Waals surface area contributed by atoms with Gasteiger partial charge in [-0.05, 0) is 31.2 Å². The van der Waals surface area contributed by atoms with Gasteiger partial charge in [0.25, 0.3) is 0 Å². The number of aromatic amines is 1. The highest BCUT2D eigenvalue weighted by atomic mass is 32.2. The van der Waals surface area contributed by atoms with Crippen LogP contribution in [0.2, 0.25) is 0 Å². The Morgan fingerprint density at radius 1 is 1.29 bits per heavy atom. The number of hydrogen-bond donors (Lipinski definition) is 3. The third kappa shape index (κ3) is 5.62. The molecule has 1 aromatic heterocycles. The molecule has 0 aliphatic rings. The van der Waals surface area contributed by atoms with Crippen molar-refractivity contribution in [2.24, 2.45) is 0 Å². The number of carbonyl (C=O) groups is 1. The van der Waals surface area contributed by atoms with Crippen LogP contribution in [0.1, 0.15) is 12.0 Å². The van der Waals surface area contributed by atoms with Crippen LogP contribution in [0.15, 0.2) is 40.6 Å². The highest BCUT2D eigenvalue weighted by Gasteiger charge is 2.10. The maximum atomic E-state index is 11.8. The van der Waals surface area contributed by atoms with Gasteiger partial charge >= 0.3 is 0 Å². The number of aromatic nitrogens is 3. The van der Waals surface area contributed by atoms with E-state index in [9.17, 15) is 13.2 Å². The first-order valence-corrected chi connectivity index (χ1v) is 9.75. The molecule has 2 aromatic rings. The molecule has 0 fully saturated rings. The van der Waals surface area contributed by atoms with Crippen molar-refractivity contribution >= 4 is 27.7 Å². The molecule has 0 aliphatic carbocycles. The van der Waals surface area contributed by atoms with E-state index in [0.717, 1.165) is 10.7 Å². The first kappa shape index (κ1) is 18.4. The first-order chi connectivity index (χ1) is 11.5. The van der Waals surface area contributed by atoms with Crippen molar-refractivity contribution in [1.82, 2.24) is 25.2 Å². The molecular formula is C14H19N5O3S2. The van der Waals surface area contributed by atoms with Crippen molar-refractivity contribution in [3.63, 3.8) is 0 Å². The number of carbonyl (C=O) groups excluding carboxylic acids is 1. The van der Waals surface area contributed by atoms with Gasteiger partial charge in [0.1, 0.15) is 6.33 Å². The smallest absolute Gasteiger partial charge is 0.240 e. The quantitative estimate of drug-likeness (QED) is 0.439. The van der Waals surface area contributed by atoms with E-state index in [-0.39, 0.29) is 10.8 Å². The van der Waals surface area contributed by atoms with Crippen LogP contribution in [0.5, 0.6) is 0 Å². The third-order valence-electron chi connectivity index (χ3n) is 3.20. The second-order valence-electron chi connectivity index (χ2n) is 4.84. The summed E-state index contributed by atoms with van der Waals surface area (Å²) in [5, 5.41) is 10.0. The van der Waals surface area contributed by atoms with Gasteiger partial charge in [0, 0.05) is 18.7 Å². The minimum absolute atomic E-state index is 0.0416. The van der Waals surface area contributed by atoms with Gasteiger partial charge in [-0.1, -0.05) is 23.9 Å². The minimum Gasteiger partial charge on any atom is -0.355 e. The van der Waals surface area contributed by atoms with Crippen LogP contribution in [0.3, 0.4) is 0 Å². The van der Waals surface area contributed by atoms with E-state index in [0.29, 0.717) is 25.1 Å². The van der Waals surface area contributed by atoms with Gasteiger partial charge in [0.15, 0.2) is 5.16 Å². The van der Waals surface area contributed by atoms with E-state index in [4.69, 9.17) is 0 Å². The molecule has 10 heteroatoms. The topological polar surface area (TPSA) is 117 Å². The molecule has 0 saturated carbocycles. The van der Waals surface area contributed by atoms with Gasteiger partial charge < -0.3 is 5.32 Å². The molecule has 3 N–H and O–H groups in total. The predicted octanol–water partition coefficient (Wildman–Crippen LogP) is 0.554. The highest BCUT2D eigenvalue weighted by Crippen LogP contribution is 2.12. The Balaban J connectivity index is 1.69. The lowest BCUT2D eigenvalue weighted by molar-refractivity contribution is -0.120. The van der Waals surface area contributed by atoms with Gasteiger partial charge in [-0.15, -0.1) is 0 Å². The number of H-pyrrole nitrogens is 1. The Labute approximate surface area is 144 Å². The molecule has 0 saturated heterocycles. The van der Waals surface area contributed by atoms with Crippen LogP contribution in [0.25, 0.3) is 0 Å². The SMILES string of the molecule is CNS(=O)(=O)c1ccc(CCC(=O)NCCSc2ncn[nH]2)cc1. The molecule has 0 aliphatic heterocycles. The van der Waals surface area contributed by atoms with E-state index in [1.165, 1.54) is 37.3 Å². The summed E-state index contributed by atoms with van der Waals surface area (Å²) in [6.45, 7) is 0.545. The van der Waals surface area contributed by atoms with E-state index >= 15 is 0 Å². The molecule has 1 heterocycles. The van der Waals surface area contributed by atoms with E-state index in [1.807, 2.05) is 0 Å². The summed E-state index contributed by atoms with van der Waals surface area (Å²) in [4.78, 5) is 16.0. The molecule has 130 valence electrons. The largest absolute Gasteiger partial charge is 0.355 e. The fraction of sp³-hybridized carbons (Fsp3) is 0.357. The molecule has 8 nitrogen and oxygen atoms in total.